The van der Waals surface area contributed by atoms with E-state index in [0.29, 0.717) is 30.0 Å². The second-order valence-electron chi connectivity index (χ2n) is 6.54. The summed E-state index contributed by atoms with van der Waals surface area (Å²) in [6, 6.07) is 12.6. The van der Waals surface area contributed by atoms with Crippen molar-refractivity contribution in [1.29, 1.82) is 0 Å². The average Bonchev–Trinajstić information content (AvgIpc) is 3.31. The summed E-state index contributed by atoms with van der Waals surface area (Å²) in [5.74, 6) is 0.751. The maximum absolute atomic E-state index is 12.9. The van der Waals surface area contributed by atoms with Crippen LogP contribution in [0.3, 0.4) is 0 Å². The molecule has 0 bridgehead atoms. The smallest absolute Gasteiger partial charge is 0.255 e. The van der Waals surface area contributed by atoms with E-state index in [0.717, 1.165) is 17.9 Å². The fourth-order valence-corrected chi connectivity index (χ4v) is 3.14. The molecule has 1 saturated heterocycles. The Bertz CT molecular complexity index is 974. The molecule has 1 aromatic carbocycles. The van der Waals surface area contributed by atoms with Crippen LogP contribution in [0.4, 0.5) is 0 Å². The predicted octanol–water partition coefficient (Wildman–Crippen LogP) is 2.45. The molecule has 3 heterocycles. The van der Waals surface area contributed by atoms with Gasteiger partial charge in [0.25, 0.3) is 5.91 Å². The van der Waals surface area contributed by atoms with Gasteiger partial charge in [-0.3, -0.25) is 9.59 Å². The van der Waals surface area contributed by atoms with Gasteiger partial charge in [0, 0.05) is 12.7 Å². The SMILES string of the molecule is Cc1ccc(-c2nn(-c3ccccc3)cc2C(=O)NC2CCCNC2=O)o1. The Balaban J connectivity index is 1.70. The molecule has 138 valence electrons. The molecule has 4 rings (SSSR count). The van der Waals surface area contributed by atoms with Crippen molar-refractivity contribution in [2.45, 2.75) is 25.8 Å². The normalized spacial score (nSPS) is 16.8. The summed E-state index contributed by atoms with van der Waals surface area (Å²) in [4.78, 5) is 24.9. The first-order valence-corrected chi connectivity index (χ1v) is 8.92. The van der Waals surface area contributed by atoms with E-state index in [9.17, 15) is 9.59 Å². The summed E-state index contributed by atoms with van der Waals surface area (Å²) in [5.41, 5.74) is 1.64. The number of nitrogens with zero attached hydrogens (tertiary/aromatic N) is 2. The van der Waals surface area contributed by atoms with E-state index in [-0.39, 0.29) is 11.8 Å². The van der Waals surface area contributed by atoms with Crippen molar-refractivity contribution >= 4 is 11.8 Å². The number of aryl methyl sites for hydroxylation is 1. The third-order valence-electron chi connectivity index (χ3n) is 4.54. The Morgan fingerprint density at radius 2 is 2.07 bits per heavy atom. The molecule has 2 aromatic heterocycles. The van der Waals surface area contributed by atoms with Crippen LogP contribution in [0, 0.1) is 6.92 Å². The molecule has 0 radical (unpaired) electrons. The Labute approximate surface area is 156 Å². The van der Waals surface area contributed by atoms with Crippen LogP contribution in [0.5, 0.6) is 0 Å². The fraction of sp³-hybridized carbons (Fsp3) is 0.250. The summed E-state index contributed by atoms with van der Waals surface area (Å²) in [7, 11) is 0. The number of piperidine rings is 1. The standard InChI is InChI=1S/C20H20N4O3/c1-13-9-10-17(27-13)18-15(12-24(23-18)14-6-3-2-4-7-14)19(25)22-16-8-5-11-21-20(16)26/h2-4,6-7,9-10,12,16H,5,8,11H2,1H3,(H,21,26)(H,22,25). The van der Waals surface area contributed by atoms with Gasteiger partial charge in [0.1, 0.15) is 17.5 Å². The second-order valence-corrected chi connectivity index (χ2v) is 6.54. The number of rotatable bonds is 4. The molecule has 1 aliphatic rings. The van der Waals surface area contributed by atoms with Gasteiger partial charge < -0.3 is 15.1 Å². The zero-order valence-corrected chi connectivity index (χ0v) is 14.9. The zero-order valence-electron chi connectivity index (χ0n) is 14.9. The number of para-hydroxylation sites is 1. The Morgan fingerprint density at radius 3 is 2.78 bits per heavy atom. The van der Waals surface area contributed by atoms with E-state index < -0.39 is 6.04 Å². The minimum atomic E-state index is -0.530. The number of carbonyl (C=O) groups is 2. The van der Waals surface area contributed by atoms with Crippen molar-refractivity contribution in [3.63, 3.8) is 0 Å². The number of hydrogen-bond donors (Lipinski definition) is 2. The molecule has 27 heavy (non-hydrogen) atoms. The first-order chi connectivity index (χ1) is 13.1. The van der Waals surface area contributed by atoms with Crippen LogP contribution >= 0.6 is 0 Å². The summed E-state index contributed by atoms with van der Waals surface area (Å²) in [6.07, 6.45) is 3.13. The highest BCUT2D eigenvalue weighted by molar-refractivity contribution is 6.01. The van der Waals surface area contributed by atoms with E-state index in [1.165, 1.54) is 0 Å². The van der Waals surface area contributed by atoms with E-state index in [2.05, 4.69) is 15.7 Å². The molecule has 7 nitrogen and oxygen atoms in total. The van der Waals surface area contributed by atoms with Gasteiger partial charge in [-0.05, 0) is 44.0 Å². The molecule has 2 amide bonds. The van der Waals surface area contributed by atoms with E-state index in [1.54, 1.807) is 16.9 Å². The Morgan fingerprint density at radius 1 is 1.26 bits per heavy atom. The zero-order chi connectivity index (χ0) is 18.8. The lowest BCUT2D eigenvalue weighted by atomic mass is 10.1. The van der Waals surface area contributed by atoms with Gasteiger partial charge >= 0.3 is 0 Å². The number of aromatic nitrogens is 2. The third-order valence-corrected chi connectivity index (χ3v) is 4.54. The van der Waals surface area contributed by atoms with Crippen LogP contribution in [-0.4, -0.2) is 34.2 Å². The number of hydrogen-bond acceptors (Lipinski definition) is 4. The highest BCUT2D eigenvalue weighted by Crippen LogP contribution is 2.26. The highest BCUT2D eigenvalue weighted by Gasteiger charge is 2.27. The monoisotopic (exact) mass is 364 g/mol. The molecular formula is C20H20N4O3. The van der Waals surface area contributed by atoms with E-state index in [4.69, 9.17) is 4.42 Å². The molecule has 1 unspecified atom stereocenters. The van der Waals surface area contributed by atoms with Crippen molar-refractivity contribution in [1.82, 2.24) is 20.4 Å². The van der Waals surface area contributed by atoms with E-state index in [1.807, 2.05) is 43.3 Å². The van der Waals surface area contributed by atoms with Crippen LogP contribution < -0.4 is 10.6 Å². The van der Waals surface area contributed by atoms with Crippen molar-refractivity contribution in [3.8, 4) is 17.1 Å². The van der Waals surface area contributed by atoms with Gasteiger partial charge in [0.15, 0.2) is 5.76 Å². The van der Waals surface area contributed by atoms with E-state index >= 15 is 0 Å². The Hall–Kier alpha value is -3.35. The van der Waals surface area contributed by atoms with Gasteiger partial charge in [-0.15, -0.1) is 0 Å². The first-order valence-electron chi connectivity index (χ1n) is 8.92. The van der Waals surface area contributed by atoms with Crippen LogP contribution in [0.25, 0.3) is 17.1 Å². The number of nitrogens with one attached hydrogen (secondary N) is 2. The molecule has 1 atom stereocenters. The lowest BCUT2D eigenvalue weighted by molar-refractivity contribution is -0.124. The number of furan rings is 1. The maximum atomic E-state index is 12.9. The molecule has 7 heteroatoms. The van der Waals surface area contributed by atoms with Crippen molar-refractivity contribution in [2.24, 2.45) is 0 Å². The molecule has 1 aliphatic heterocycles. The molecule has 1 fully saturated rings. The molecule has 0 aliphatic carbocycles. The molecule has 0 saturated carbocycles. The van der Waals surface area contributed by atoms with Crippen LogP contribution in [0.2, 0.25) is 0 Å². The van der Waals surface area contributed by atoms with Gasteiger partial charge in [-0.2, -0.15) is 5.10 Å². The Kier molecular flexibility index (Phi) is 4.50. The summed E-state index contributed by atoms with van der Waals surface area (Å²) < 4.78 is 7.33. The van der Waals surface area contributed by atoms with Crippen molar-refractivity contribution in [3.05, 3.63) is 60.0 Å². The lowest BCUT2D eigenvalue weighted by Crippen LogP contribution is -2.50. The van der Waals surface area contributed by atoms with Crippen LogP contribution in [-0.2, 0) is 4.79 Å². The quantitative estimate of drug-likeness (QED) is 0.744. The fourth-order valence-electron chi connectivity index (χ4n) is 3.14. The topological polar surface area (TPSA) is 89.2 Å². The minimum Gasteiger partial charge on any atom is -0.460 e. The number of amides is 2. The lowest BCUT2D eigenvalue weighted by Gasteiger charge is -2.22. The summed E-state index contributed by atoms with van der Waals surface area (Å²) >= 11 is 0. The minimum absolute atomic E-state index is 0.152. The third kappa shape index (κ3) is 3.48. The first kappa shape index (κ1) is 17.1. The molecule has 2 N–H and O–H groups in total. The van der Waals surface area contributed by atoms with Gasteiger partial charge in [-0.1, -0.05) is 18.2 Å². The maximum Gasteiger partial charge on any atom is 0.255 e. The largest absolute Gasteiger partial charge is 0.460 e. The molecule has 3 aromatic rings. The average molecular weight is 364 g/mol. The van der Waals surface area contributed by atoms with Gasteiger partial charge in [0.2, 0.25) is 5.91 Å². The molecule has 0 spiro atoms. The van der Waals surface area contributed by atoms with Gasteiger partial charge in [-0.25, -0.2) is 4.68 Å². The van der Waals surface area contributed by atoms with Crippen molar-refractivity contribution < 1.29 is 14.0 Å². The number of carbonyl (C=O) groups excluding carboxylic acids is 2. The highest BCUT2D eigenvalue weighted by atomic mass is 16.3. The van der Waals surface area contributed by atoms with Crippen LogP contribution in [0.1, 0.15) is 29.0 Å². The van der Waals surface area contributed by atoms with Gasteiger partial charge in [0.05, 0.1) is 11.3 Å². The number of benzene rings is 1. The summed E-state index contributed by atoms with van der Waals surface area (Å²) in [5, 5.41) is 10.2. The molecular weight excluding hydrogens is 344 g/mol. The second kappa shape index (κ2) is 7.11. The van der Waals surface area contributed by atoms with Crippen LogP contribution in [0.15, 0.2) is 53.1 Å². The summed E-state index contributed by atoms with van der Waals surface area (Å²) in [6.45, 7) is 2.48. The van der Waals surface area contributed by atoms with Crippen molar-refractivity contribution in [2.75, 3.05) is 6.54 Å². The predicted molar refractivity (Wildman–Crippen MR) is 99.5 cm³/mol.